The fraction of sp³-hybridized carbons (Fsp3) is 0.263. The van der Waals surface area contributed by atoms with Gasteiger partial charge in [-0.25, -0.2) is 4.98 Å². The van der Waals surface area contributed by atoms with Crippen molar-refractivity contribution in [3.8, 4) is 0 Å². The molecule has 0 amide bonds. The molecule has 0 saturated heterocycles. The van der Waals surface area contributed by atoms with Crippen LogP contribution in [0, 0.1) is 0 Å². The molecule has 1 aromatic carbocycles. The lowest BCUT2D eigenvalue weighted by Crippen LogP contribution is -2.12. The van der Waals surface area contributed by atoms with Crippen LogP contribution in [0.15, 0.2) is 36.8 Å². The number of aromatic nitrogens is 5. The summed E-state index contributed by atoms with van der Waals surface area (Å²) in [6.45, 7) is 1.55. The van der Waals surface area contributed by atoms with Crippen molar-refractivity contribution < 1.29 is 0 Å². The average molecular weight is 416 g/mol. The maximum Gasteiger partial charge on any atom is 0.226 e. The first-order chi connectivity index (χ1) is 13.5. The monoisotopic (exact) mass is 415 g/mol. The van der Waals surface area contributed by atoms with Crippen LogP contribution in [0.25, 0.3) is 22.1 Å². The molecule has 3 aromatic heterocycles. The van der Waals surface area contributed by atoms with Crippen LogP contribution in [0.3, 0.4) is 0 Å². The third-order valence-corrected chi connectivity index (χ3v) is 4.84. The number of nitrogens with one attached hydrogen (secondary N) is 1. The van der Waals surface area contributed by atoms with Gasteiger partial charge in [-0.3, -0.25) is 4.98 Å². The van der Waals surface area contributed by atoms with Crippen molar-refractivity contribution in [3.05, 3.63) is 47.1 Å². The molecule has 9 heteroatoms. The first-order valence-electron chi connectivity index (χ1n) is 8.87. The van der Waals surface area contributed by atoms with Crippen LogP contribution in [-0.4, -0.2) is 45.1 Å². The molecule has 4 rings (SSSR count). The van der Waals surface area contributed by atoms with Crippen LogP contribution in [0.2, 0.25) is 10.3 Å². The molecular weight excluding hydrogens is 397 g/mol. The third-order valence-electron chi connectivity index (χ3n) is 4.44. The Morgan fingerprint density at radius 2 is 1.96 bits per heavy atom. The van der Waals surface area contributed by atoms with Crippen molar-refractivity contribution in [1.82, 2.24) is 24.5 Å². The van der Waals surface area contributed by atoms with E-state index in [0.29, 0.717) is 10.8 Å². The summed E-state index contributed by atoms with van der Waals surface area (Å²) in [4.78, 5) is 19.3. The number of anilines is 2. The molecule has 1 N–H and O–H groups in total. The minimum absolute atomic E-state index is 0.220. The summed E-state index contributed by atoms with van der Waals surface area (Å²) in [5, 5.41) is 5.43. The molecule has 4 aromatic rings. The van der Waals surface area contributed by atoms with Crippen LogP contribution in [0.1, 0.15) is 6.42 Å². The molecule has 0 saturated carbocycles. The Morgan fingerprint density at radius 3 is 2.79 bits per heavy atom. The number of fused-ring (bicyclic) bond motifs is 2. The lowest BCUT2D eigenvalue weighted by molar-refractivity contribution is 0.672. The molecule has 0 aliphatic rings. The lowest BCUT2D eigenvalue weighted by Gasteiger charge is -2.12. The van der Waals surface area contributed by atoms with Crippen LogP contribution < -0.4 is 10.2 Å². The van der Waals surface area contributed by atoms with E-state index in [9.17, 15) is 0 Å². The van der Waals surface area contributed by atoms with Gasteiger partial charge in [0.25, 0.3) is 0 Å². The van der Waals surface area contributed by atoms with Crippen LogP contribution in [0.4, 0.5) is 11.5 Å². The summed E-state index contributed by atoms with van der Waals surface area (Å²) in [7, 11) is 3.82. The zero-order chi connectivity index (χ0) is 19.7. The fourth-order valence-corrected chi connectivity index (χ4v) is 3.45. The van der Waals surface area contributed by atoms with Gasteiger partial charge in [0.15, 0.2) is 17.0 Å². The highest BCUT2D eigenvalue weighted by Crippen LogP contribution is 2.25. The standard InChI is InChI=1S/C19H19Cl2N7/c1-27(2)17-16-18(26-19(21)25-17)28(11-24-16)9-3-7-22-14-6-8-23-15-10-12(20)4-5-13(14)15/h4-6,8,10-11H,3,7,9H2,1-2H3,(H,22,23). The van der Waals surface area contributed by atoms with Gasteiger partial charge in [-0.15, -0.1) is 0 Å². The topological polar surface area (TPSA) is 71.8 Å². The molecule has 0 atom stereocenters. The van der Waals surface area contributed by atoms with Crippen molar-refractivity contribution >= 4 is 56.8 Å². The quantitative estimate of drug-likeness (QED) is 0.374. The van der Waals surface area contributed by atoms with E-state index in [1.807, 2.05) is 47.8 Å². The van der Waals surface area contributed by atoms with Crippen LogP contribution in [0.5, 0.6) is 0 Å². The summed E-state index contributed by atoms with van der Waals surface area (Å²) >= 11 is 12.1. The molecule has 0 aliphatic heterocycles. The van der Waals surface area contributed by atoms with Gasteiger partial charge in [0.05, 0.1) is 11.8 Å². The minimum Gasteiger partial charge on any atom is -0.384 e. The Hall–Kier alpha value is -2.64. The number of benzene rings is 1. The Bertz CT molecular complexity index is 1140. The SMILES string of the molecule is CN(C)c1nc(Cl)nc2c1ncn2CCCNc1ccnc2cc(Cl)ccc12. The van der Waals surface area contributed by atoms with E-state index >= 15 is 0 Å². The zero-order valence-corrected chi connectivity index (χ0v) is 17.0. The van der Waals surface area contributed by atoms with Crippen molar-refractivity contribution in [2.24, 2.45) is 0 Å². The molecule has 0 bridgehead atoms. The van der Waals surface area contributed by atoms with Crippen molar-refractivity contribution in [1.29, 1.82) is 0 Å². The van der Waals surface area contributed by atoms with Gasteiger partial charge in [-0.2, -0.15) is 9.97 Å². The Balaban J connectivity index is 1.46. The summed E-state index contributed by atoms with van der Waals surface area (Å²) < 4.78 is 2.00. The first kappa shape index (κ1) is 18.7. The second-order valence-corrected chi connectivity index (χ2v) is 7.40. The van der Waals surface area contributed by atoms with Gasteiger partial charge >= 0.3 is 0 Å². The van der Waals surface area contributed by atoms with Gasteiger partial charge in [0, 0.05) is 49.5 Å². The molecule has 28 heavy (non-hydrogen) atoms. The largest absolute Gasteiger partial charge is 0.384 e. The van der Waals surface area contributed by atoms with E-state index in [1.165, 1.54) is 0 Å². The number of aryl methyl sites for hydroxylation is 1. The van der Waals surface area contributed by atoms with Crippen molar-refractivity contribution in [2.45, 2.75) is 13.0 Å². The van der Waals surface area contributed by atoms with Crippen LogP contribution >= 0.6 is 23.2 Å². The van der Waals surface area contributed by atoms with Gasteiger partial charge in [0.1, 0.15) is 0 Å². The van der Waals surface area contributed by atoms with Gasteiger partial charge < -0.3 is 14.8 Å². The Kier molecular flexibility index (Phi) is 5.19. The Labute approximate surface area is 172 Å². The predicted molar refractivity (Wildman–Crippen MR) is 115 cm³/mol. The van der Waals surface area contributed by atoms with Crippen molar-refractivity contribution in [3.63, 3.8) is 0 Å². The minimum atomic E-state index is 0.220. The summed E-state index contributed by atoms with van der Waals surface area (Å²) in [6, 6.07) is 7.70. The molecule has 7 nitrogen and oxygen atoms in total. The van der Waals surface area contributed by atoms with E-state index < -0.39 is 0 Å². The highest BCUT2D eigenvalue weighted by atomic mass is 35.5. The molecule has 0 radical (unpaired) electrons. The normalized spacial score (nSPS) is 11.3. The number of hydrogen-bond donors (Lipinski definition) is 1. The van der Waals surface area contributed by atoms with Crippen LogP contribution in [-0.2, 0) is 6.54 Å². The molecule has 0 aliphatic carbocycles. The van der Waals surface area contributed by atoms with E-state index in [0.717, 1.165) is 47.3 Å². The fourth-order valence-electron chi connectivity index (χ4n) is 3.13. The lowest BCUT2D eigenvalue weighted by atomic mass is 10.2. The van der Waals surface area contributed by atoms with E-state index in [-0.39, 0.29) is 5.28 Å². The summed E-state index contributed by atoms with van der Waals surface area (Å²) in [5.74, 6) is 0.716. The molecule has 3 heterocycles. The Morgan fingerprint density at radius 1 is 1.11 bits per heavy atom. The number of rotatable bonds is 6. The number of pyridine rings is 1. The second kappa shape index (κ2) is 7.77. The highest BCUT2D eigenvalue weighted by Gasteiger charge is 2.13. The number of imidazole rings is 1. The number of hydrogen-bond acceptors (Lipinski definition) is 6. The highest BCUT2D eigenvalue weighted by molar-refractivity contribution is 6.31. The van der Waals surface area contributed by atoms with E-state index in [4.69, 9.17) is 23.2 Å². The average Bonchev–Trinajstić information content (AvgIpc) is 3.06. The molecular formula is C19H19Cl2N7. The zero-order valence-electron chi connectivity index (χ0n) is 15.5. The first-order valence-corrected chi connectivity index (χ1v) is 9.62. The van der Waals surface area contributed by atoms with Crippen molar-refractivity contribution in [2.75, 3.05) is 30.9 Å². The maximum atomic E-state index is 6.09. The molecule has 0 unspecified atom stereocenters. The van der Waals surface area contributed by atoms with Gasteiger partial charge in [0.2, 0.25) is 5.28 Å². The predicted octanol–water partition coefficient (Wildman–Crippen LogP) is 4.25. The molecule has 144 valence electrons. The van der Waals surface area contributed by atoms with Gasteiger partial charge in [-0.1, -0.05) is 11.6 Å². The van der Waals surface area contributed by atoms with E-state index in [1.54, 1.807) is 12.5 Å². The molecule has 0 fully saturated rings. The maximum absolute atomic E-state index is 6.09. The number of halogens is 2. The third kappa shape index (κ3) is 3.68. The van der Waals surface area contributed by atoms with Gasteiger partial charge in [-0.05, 0) is 42.3 Å². The van der Waals surface area contributed by atoms with E-state index in [2.05, 4.69) is 25.3 Å². The second-order valence-electron chi connectivity index (χ2n) is 6.62. The molecule has 0 spiro atoms. The smallest absolute Gasteiger partial charge is 0.226 e. The summed E-state index contributed by atoms with van der Waals surface area (Å²) in [5.41, 5.74) is 3.41. The number of nitrogens with zero attached hydrogens (tertiary/aromatic N) is 6. The summed E-state index contributed by atoms with van der Waals surface area (Å²) in [6.07, 6.45) is 4.46.